The smallest absolute Gasteiger partial charge is 0.254 e. The van der Waals surface area contributed by atoms with E-state index in [0.717, 1.165) is 5.56 Å². The molecule has 0 fully saturated rings. The monoisotopic (exact) mass is 356 g/mol. The van der Waals surface area contributed by atoms with Crippen LogP contribution in [0, 0.1) is 5.82 Å². The summed E-state index contributed by atoms with van der Waals surface area (Å²) in [4.78, 5) is 20.3. The number of rotatable bonds is 5. The third kappa shape index (κ3) is 4.51. The fourth-order valence-corrected chi connectivity index (χ4v) is 2.27. The summed E-state index contributed by atoms with van der Waals surface area (Å²) in [6.07, 6.45) is 2.83. The quantitative estimate of drug-likeness (QED) is 0.726. The summed E-state index contributed by atoms with van der Waals surface area (Å²) in [7, 11) is 0. The minimum Gasteiger partial charge on any atom is -0.348 e. The molecule has 3 aromatic rings. The summed E-state index contributed by atoms with van der Waals surface area (Å²) in [5.74, 6) is -0.485. The van der Waals surface area contributed by atoms with E-state index in [0.29, 0.717) is 17.8 Å². The molecule has 5 nitrogen and oxygen atoms in total. The van der Waals surface area contributed by atoms with Gasteiger partial charge in [0.1, 0.15) is 5.82 Å². The molecule has 2 N–H and O–H groups in total. The van der Waals surface area contributed by atoms with Gasteiger partial charge < -0.3 is 10.6 Å². The summed E-state index contributed by atoms with van der Waals surface area (Å²) in [6.45, 7) is 0.424. The summed E-state index contributed by atoms with van der Waals surface area (Å²) in [5.41, 5.74) is 1.90. The molecule has 1 aromatic heterocycles. The molecule has 0 saturated heterocycles. The number of benzene rings is 2. The highest BCUT2D eigenvalue weighted by atomic mass is 35.5. The second kappa shape index (κ2) is 7.72. The molecular weight excluding hydrogens is 343 g/mol. The Balaban J connectivity index is 1.61. The van der Waals surface area contributed by atoms with E-state index in [4.69, 9.17) is 11.6 Å². The molecule has 0 bridgehead atoms. The van der Waals surface area contributed by atoms with Gasteiger partial charge in [-0.05, 0) is 23.8 Å². The number of aromatic nitrogens is 2. The zero-order valence-corrected chi connectivity index (χ0v) is 13.8. The number of carbonyl (C=O) groups is 1. The minimum absolute atomic E-state index is 0.00177. The first-order chi connectivity index (χ1) is 12.1. The van der Waals surface area contributed by atoms with Crippen molar-refractivity contribution >= 4 is 29.1 Å². The predicted octanol–water partition coefficient (Wildman–Crippen LogP) is 3.94. The lowest BCUT2D eigenvalue weighted by molar-refractivity contribution is 0.0950. The number of nitrogens with zero attached hydrogens (tertiary/aromatic N) is 2. The normalized spacial score (nSPS) is 10.3. The topological polar surface area (TPSA) is 66.9 Å². The predicted molar refractivity (Wildman–Crippen MR) is 94.3 cm³/mol. The molecule has 2 aromatic carbocycles. The van der Waals surface area contributed by atoms with Gasteiger partial charge in [-0.1, -0.05) is 41.9 Å². The maximum absolute atomic E-state index is 13.1. The minimum atomic E-state index is -0.501. The van der Waals surface area contributed by atoms with E-state index in [1.54, 1.807) is 0 Å². The summed E-state index contributed by atoms with van der Waals surface area (Å²) < 4.78 is 13.1. The first kappa shape index (κ1) is 16.9. The molecule has 0 aliphatic heterocycles. The average molecular weight is 357 g/mol. The van der Waals surface area contributed by atoms with E-state index in [2.05, 4.69) is 20.6 Å². The Morgan fingerprint density at radius 2 is 1.80 bits per heavy atom. The highest BCUT2D eigenvalue weighted by Gasteiger charge is 2.08. The van der Waals surface area contributed by atoms with E-state index in [-0.39, 0.29) is 16.9 Å². The van der Waals surface area contributed by atoms with Gasteiger partial charge in [-0.2, -0.15) is 0 Å². The molecule has 0 atom stereocenters. The lowest BCUT2D eigenvalue weighted by atomic mass is 10.2. The van der Waals surface area contributed by atoms with E-state index in [9.17, 15) is 9.18 Å². The zero-order chi connectivity index (χ0) is 17.6. The van der Waals surface area contributed by atoms with E-state index in [1.807, 2.05) is 30.3 Å². The van der Waals surface area contributed by atoms with Crippen molar-refractivity contribution in [2.45, 2.75) is 6.54 Å². The lowest BCUT2D eigenvalue weighted by Crippen LogP contribution is -2.23. The molecule has 3 rings (SSSR count). The van der Waals surface area contributed by atoms with Crippen molar-refractivity contribution in [2.24, 2.45) is 0 Å². The molecule has 7 heteroatoms. The molecular formula is C18H14ClFN4O. The lowest BCUT2D eigenvalue weighted by Gasteiger charge is -2.07. The van der Waals surface area contributed by atoms with Crippen LogP contribution in [0.25, 0.3) is 0 Å². The number of hydrogen-bond acceptors (Lipinski definition) is 4. The Bertz CT molecular complexity index is 872. The van der Waals surface area contributed by atoms with Crippen LogP contribution in [-0.4, -0.2) is 15.9 Å². The standard InChI is InChI=1S/C18H14ClFN4O/c19-15-8-14(6-7-16(15)20)24-18-22-10-13(11-23-18)17(25)21-9-12-4-2-1-3-5-12/h1-8,10-11H,9H2,(H,21,25)(H,22,23,24). The van der Waals surface area contributed by atoms with Crippen LogP contribution in [0.5, 0.6) is 0 Å². The third-order valence-corrected chi connectivity index (χ3v) is 3.68. The highest BCUT2D eigenvalue weighted by molar-refractivity contribution is 6.31. The van der Waals surface area contributed by atoms with Crippen molar-refractivity contribution in [3.05, 3.63) is 82.9 Å². The van der Waals surface area contributed by atoms with Crippen molar-refractivity contribution in [1.29, 1.82) is 0 Å². The van der Waals surface area contributed by atoms with Crippen LogP contribution in [-0.2, 0) is 6.54 Å². The van der Waals surface area contributed by atoms with Crippen molar-refractivity contribution < 1.29 is 9.18 Å². The number of nitrogens with one attached hydrogen (secondary N) is 2. The number of hydrogen-bond donors (Lipinski definition) is 2. The molecule has 126 valence electrons. The van der Waals surface area contributed by atoms with E-state index < -0.39 is 5.82 Å². The first-order valence-electron chi connectivity index (χ1n) is 7.48. The largest absolute Gasteiger partial charge is 0.348 e. The van der Waals surface area contributed by atoms with Gasteiger partial charge in [0.05, 0.1) is 10.6 Å². The number of halogens is 2. The summed E-state index contributed by atoms with van der Waals surface area (Å²) in [5, 5.41) is 5.69. The van der Waals surface area contributed by atoms with Gasteiger partial charge in [0, 0.05) is 24.6 Å². The second-order valence-corrected chi connectivity index (χ2v) is 5.62. The van der Waals surface area contributed by atoms with Gasteiger partial charge in [-0.25, -0.2) is 14.4 Å². The number of carbonyl (C=O) groups excluding carboxylic acids is 1. The van der Waals surface area contributed by atoms with Crippen molar-refractivity contribution in [2.75, 3.05) is 5.32 Å². The Morgan fingerprint density at radius 1 is 1.08 bits per heavy atom. The summed E-state index contributed by atoms with van der Waals surface area (Å²) in [6, 6.07) is 13.8. The van der Waals surface area contributed by atoms with Gasteiger partial charge >= 0.3 is 0 Å². The molecule has 0 unspecified atom stereocenters. The molecule has 0 radical (unpaired) electrons. The third-order valence-electron chi connectivity index (χ3n) is 3.39. The molecule has 25 heavy (non-hydrogen) atoms. The van der Waals surface area contributed by atoms with Crippen LogP contribution < -0.4 is 10.6 Å². The second-order valence-electron chi connectivity index (χ2n) is 5.22. The maximum atomic E-state index is 13.1. The highest BCUT2D eigenvalue weighted by Crippen LogP contribution is 2.21. The summed E-state index contributed by atoms with van der Waals surface area (Å²) >= 11 is 5.72. The Kier molecular flexibility index (Phi) is 5.20. The Labute approximate surface area is 148 Å². The fraction of sp³-hybridized carbons (Fsp3) is 0.0556. The van der Waals surface area contributed by atoms with Crippen LogP contribution >= 0.6 is 11.6 Å². The molecule has 0 aliphatic rings. The zero-order valence-electron chi connectivity index (χ0n) is 13.0. The fourth-order valence-electron chi connectivity index (χ4n) is 2.09. The van der Waals surface area contributed by atoms with Crippen LogP contribution in [0.1, 0.15) is 15.9 Å². The van der Waals surface area contributed by atoms with Crippen LogP contribution in [0.4, 0.5) is 16.0 Å². The van der Waals surface area contributed by atoms with Gasteiger partial charge in [-0.15, -0.1) is 0 Å². The first-order valence-corrected chi connectivity index (χ1v) is 7.86. The Hall–Kier alpha value is -2.99. The molecule has 0 spiro atoms. The van der Waals surface area contributed by atoms with Crippen molar-refractivity contribution in [3.63, 3.8) is 0 Å². The van der Waals surface area contributed by atoms with Crippen molar-refractivity contribution in [1.82, 2.24) is 15.3 Å². The molecule has 0 aliphatic carbocycles. The van der Waals surface area contributed by atoms with Crippen molar-refractivity contribution in [3.8, 4) is 0 Å². The molecule has 1 heterocycles. The van der Waals surface area contributed by atoms with Crippen LogP contribution in [0.15, 0.2) is 60.9 Å². The average Bonchev–Trinajstić information content (AvgIpc) is 2.64. The number of amides is 1. The Morgan fingerprint density at radius 3 is 2.48 bits per heavy atom. The SMILES string of the molecule is O=C(NCc1ccccc1)c1cnc(Nc2ccc(F)c(Cl)c2)nc1. The molecule has 1 amide bonds. The number of anilines is 2. The van der Waals surface area contributed by atoms with Gasteiger partial charge in [0.15, 0.2) is 0 Å². The van der Waals surface area contributed by atoms with E-state index >= 15 is 0 Å². The van der Waals surface area contributed by atoms with Gasteiger partial charge in [-0.3, -0.25) is 4.79 Å². The van der Waals surface area contributed by atoms with E-state index in [1.165, 1.54) is 30.6 Å². The molecule has 0 saturated carbocycles. The van der Waals surface area contributed by atoms with Crippen LogP contribution in [0.2, 0.25) is 5.02 Å². The maximum Gasteiger partial charge on any atom is 0.254 e. The van der Waals surface area contributed by atoms with Gasteiger partial charge in [0.2, 0.25) is 5.95 Å². The van der Waals surface area contributed by atoms with Crippen LogP contribution in [0.3, 0.4) is 0 Å². The van der Waals surface area contributed by atoms with Gasteiger partial charge in [0.25, 0.3) is 5.91 Å².